The Morgan fingerprint density at radius 2 is 1.88 bits per heavy atom. The lowest BCUT2D eigenvalue weighted by Gasteiger charge is -2.11. The quantitative estimate of drug-likeness (QED) is 0.758. The van der Waals surface area contributed by atoms with Gasteiger partial charge in [0.1, 0.15) is 17.1 Å². The van der Waals surface area contributed by atoms with E-state index in [1.165, 1.54) is 20.3 Å². The number of methoxy groups -OCH3 is 2. The fraction of sp³-hybridized carbons (Fsp3) is 0.200. The minimum Gasteiger partial charge on any atom is -0.497 e. The molecule has 1 N–H and O–H groups in total. The maximum Gasteiger partial charge on any atom is 0.291 e. The van der Waals surface area contributed by atoms with E-state index >= 15 is 0 Å². The molecular formula is C20H19NO5. The molecule has 3 rings (SSSR count). The molecule has 0 aliphatic rings. The molecule has 0 spiro atoms. The number of aryl methyl sites for hydroxylation is 1. The van der Waals surface area contributed by atoms with Crippen LogP contribution in [0.15, 0.2) is 51.7 Å². The maximum atomic E-state index is 12.6. The van der Waals surface area contributed by atoms with E-state index < -0.39 is 5.91 Å². The number of carbonyl (C=O) groups excluding carboxylic acids is 1. The van der Waals surface area contributed by atoms with Gasteiger partial charge in [-0.25, -0.2) is 0 Å². The highest BCUT2D eigenvalue weighted by Gasteiger charge is 2.15. The summed E-state index contributed by atoms with van der Waals surface area (Å²) in [6.07, 6.45) is 0.813. The van der Waals surface area contributed by atoms with Gasteiger partial charge in [-0.15, -0.1) is 0 Å². The van der Waals surface area contributed by atoms with Crippen LogP contribution >= 0.6 is 0 Å². The summed E-state index contributed by atoms with van der Waals surface area (Å²) >= 11 is 0. The molecular weight excluding hydrogens is 334 g/mol. The molecule has 0 saturated heterocycles. The summed E-state index contributed by atoms with van der Waals surface area (Å²) < 4.78 is 16.0. The molecule has 6 heteroatoms. The van der Waals surface area contributed by atoms with Crippen molar-refractivity contribution in [2.24, 2.45) is 0 Å². The zero-order valence-corrected chi connectivity index (χ0v) is 14.8. The van der Waals surface area contributed by atoms with Gasteiger partial charge < -0.3 is 19.2 Å². The molecule has 0 fully saturated rings. The predicted molar refractivity (Wildman–Crippen MR) is 99.4 cm³/mol. The highest BCUT2D eigenvalue weighted by Crippen LogP contribution is 2.29. The second kappa shape index (κ2) is 7.31. The van der Waals surface area contributed by atoms with E-state index in [1.54, 1.807) is 30.3 Å². The third-order valence-electron chi connectivity index (χ3n) is 4.08. The molecule has 3 aromatic rings. The zero-order valence-electron chi connectivity index (χ0n) is 14.8. The molecule has 0 atom stereocenters. The first-order valence-corrected chi connectivity index (χ1v) is 8.16. The number of hydrogen-bond donors (Lipinski definition) is 1. The lowest BCUT2D eigenvalue weighted by atomic mass is 10.1. The summed E-state index contributed by atoms with van der Waals surface area (Å²) in [7, 11) is 3.03. The van der Waals surface area contributed by atoms with Gasteiger partial charge in [0.15, 0.2) is 11.2 Å². The highest BCUT2D eigenvalue weighted by atomic mass is 16.5. The van der Waals surface area contributed by atoms with Gasteiger partial charge in [0.2, 0.25) is 0 Å². The Morgan fingerprint density at radius 1 is 1.08 bits per heavy atom. The molecule has 26 heavy (non-hydrogen) atoms. The van der Waals surface area contributed by atoms with Crippen molar-refractivity contribution in [3.63, 3.8) is 0 Å². The van der Waals surface area contributed by atoms with Gasteiger partial charge in [0, 0.05) is 12.1 Å². The second-order valence-electron chi connectivity index (χ2n) is 5.68. The van der Waals surface area contributed by atoms with Crippen LogP contribution in [0, 0.1) is 0 Å². The normalized spacial score (nSPS) is 10.6. The summed E-state index contributed by atoms with van der Waals surface area (Å²) in [5, 5.41) is 3.15. The van der Waals surface area contributed by atoms with Crippen molar-refractivity contribution in [2.45, 2.75) is 13.3 Å². The Balaban J connectivity index is 1.97. The number of benzene rings is 2. The summed E-state index contributed by atoms with van der Waals surface area (Å²) in [6.45, 7) is 2.01. The van der Waals surface area contributed by atoms with Crippen molar-refractivity contribution in [3.05, 3.63) is 64.0 Å². The standard InChI is InChI=1S/C20H19NO5/c1-4-12-5-7-17-14(9-12)16(22)11-19(26-17)20(23)21-15-10-13(24-2)6-8-18(15)25-3/h5-11H,4H2,1-3H3,(H,21,23). The fourth-order valence-corrected chi connectivity index (χ4v) is 2.63. The lowest BCUT2D eigenvalue weighted by molar-refractivity contribution is 0.0997. The van der Waals surface area contributed by atoms with E-state index in [1.807, 2.05) is 13.0 Å². The predicted octanol–water partition coefficient (Wildman–Crippen LogP) is 3.62. The third-order valence-corrected chi connectivity index (χ3v) is 4.08. The topological polar surface area (TPSA) is 77.8 Å². The van der Waals surface area contributed by atoms with Crippen molar-refractivity contribution in [1.29, 1.82) is 0 Å². The summed E-state index contributed by atoms with van der Waals surface area (Å²) in [6, 6.07) is 11.6. The molecule has 6 nitrogen and oxygen atoms in total. The van der Waals surface area contributed by atoms with Gasteiger partial charge in [-0.2, -0.15) is 0 Å². The smallest absolute Gasteiger partial charge is 0.291 e. The first kappa shape index (κ1) is 17.5. The lowest BCUT2D eigenvalue weighted by Crippen LogP contribution is -2.15. The number of ether oxygens (including phenoxy) is 2. The molecule has 0 bridgehead atoms. The van der Waals surface area contributed by atoms with Crippen LogP contribution in [0.25, 0.3) is 11.0 Å². The zero-order chi connectivity index (χ0) is 18.7. The van der Waals surface area contributed by atoms with Crippen LogP contribution in [0.2, 0.25) is 0 Å². The average molecular weight is 353 g/mol. The van der Waals surface area contributed by atoms with Gasteiger partial charge in [0.05, 0.1) is 25.3 Å². The van der Waals surface area contributed by atoms with Crippen LogP contribution in [0.5, 0.6) is 11.5 Å². The van der Waals surface area contributed by atoms with Crippen LogP contribution in [-0.2, 0) is 6.42 Å². The molecule has 0 aliphatic heterocycles. The van der Waals surface area contributed by atoms with Crippen LogP contribution < -0.4 is 20.2 Å². The monoisotopic (exact) mass is 353 g/mol. The van der Waals surface area contributed by atoms with Crippen molar-refractivity contribution in [3.8, 4) is 11.5 Å². The molecule has 0 radical (unpaired) electrons. The summed E-state index contributed by atoms with van der Waals surface area (Å²) in [5.41, 5.74) is 1.56. The number of amides is 1. The Kier molecular flexibility index (Phi) is 4.93. The van der Waals surface area contributed by atoms with Gasteiger partial charge in [-0.05, 0) is 36.2 Å². The Hall–Kier alpha value is -3.28. The molecule has 134 valence electrons. The summed E-state index contributed by atoms with van der Waals surface area (Å²) in [5.74, 6) is 0.412. The van der Waals surface area contributed by atoms with Crippen molar-refractivity contribution in [1.82, 2.24) is 0 Å². The fourth-order valence-electron chi connectivity index (χ4n) is 2.63. The van der Waals surface area contributed by atoms with Gasteiger partial charge in [-0.3, -0.25) is 9.59 Å². The van der Waals surface area contributed by atoms with Gasteiger partial charge in [0.25, 0.3) is 5.91 Å². The molecule has 1 aromatic heterocycles. The molecule has 0 aliphatic carbocycles. The second-order valence-corrected chi connectivity index (χ2v) is 5.68. The van der Waals surface area contributed by atoms with Crippen molar-refractivity contribution in [2.75, 3.05) is 19.5 Å². The highest BCUT2D eigenvalue weighted by molar-refractivity contribution is 6.03. The number of nitrogens with one attached hydrogen (secondary N) is 1. The van der Waals surface area contributed by atoms with E-state index in [9.17, 15) is 9.59 Å². The van der Waals surface area contributed by atoms with Crippen molar-refractivity contribution < 1.29 is 18.7 Å². The Labute approximate surface area is 150 Å². The van der Waals surface area contributed by atoms with E-state index in [0.717, 1.165) is 12.0 Å². The van der Waals surface area contributed by atoms with Crippen LogP contribution in [0.4, 0.5) is 5.69 Å². The first-order chi connectivity index (χ1) is 12.5. The minimum atomic E-state index is -0.546. The first-order valence-electron chi connectivity index (χ1n) is 8.16. The van der Waals surface area contributed by atoms with E-state index in [4.69, 9.17) is 13.9 Å². The van der Waals surface area contributed by atoms with E-state index in [-0.39, 0.29) is 11.2 Å². The average Bonchev–Trinajstić information content (AvgIpc) is 2.67. The van der Waals surface area contributed by atoms with E-state index in [2.05, 4.69) is 5.32 Å². The number of hydrogen-bond acceptors (Lipinski definition) is 5. The molecule has 1 heterocycles. The van der Waals surface area contributed by atoms with Crippen LogP contribution in [0.1, 0.15) is 23.0 Å². The minimum absolute atomic E-state index is 0.0726. The SMILES string of the molecule is CCc1ccc2oc(C(=O)Nc3cc(OC)ccc3OC)cc(=O)c2c1. The number of rotatable bonds is 5. The third kappa shape index (κ3) is 3.39. The molecule has 2 aromatic carbocycles. The van der Waals surface area contributed by atoms with E-state index in [0.29, 0.717) is 28.2 Å². The number of fused-ring (bicyclic) bond motifs is 1. The van der Waals surface area contributed by atoms with Gasteiger partial charge in [-0.1, -0.05) is 13.0 Å². The Bertz CT molecular complexity index is 1020. The van der Waals surface area contributed by atoms with Crippen molar-refractivity contribution >= 4 is 22.6 Å². The maximum absolute atomic E-state index is 12.6. The number of anilines is 1. The molecule has 0 saturated carbocycles. The summed E-state index contributed by atoms with van der Waals surface area (Å²) in [4.78, 5) is 24.9. The molecule has 1 amide bonds. The number of carbonyl (C=O) groups is 1. The Morgan fingerprint density at radius 3 is 2.58 bits per heavy atom. The van der Waals surface area contributed by atoms with Gasteiger partial charge >= 0.3 is 0 Å². The molecule has 0 unspecified atom stereocenters. The van der Waals surface area contributed by atoms with Crippen LogP contribution in [-0.4, -0.2) is 20.1 Å². The van der Waals surface area contributed by atoms with Crippen LogP contribution in [0.3, 0.4) is 0 Å². The largest absolute Gasteiger partial charge is 0.497 e.